The Labute approximate surface area is 193 Å². The Morgan fingerprint density at radius 2 is 1.62 bits per heavy atom. The molecule has 1 aliphatic rings. The Balaban J connectivity index is 1.75. The van der Waals surface area contributed by atoms with Crippen LogP contribution in [0.4, 0.5) is 13.2 Å². The quantitative estimate of drug-likeness (QED) is 0.541. The van der Waals surface area contributed by atoms with E-state index in [9.17, 15) is 31.2 Å². The molecule has 0 spiro atoms. The number of likely N-dealkylation sites (N-methyl/N-ethyl adjacent to an activating group) is 1. The molecule has 1 amide bonds. The van der Waals surface area contributed by atoms with E-state index in [0.29, 0.717) is 36.2 Å². The first-order chi connectivity index (χ1) is 16.0. The average molecular weight is 497 g/mol. The molecule has 1 aliphatic heterocycles. The summed E-state index contributed by atoms with van der Waals surface area (Å²) in [5, 5.41) is 0. The van der Waals surface area contributed by atoms with Crippen LogP contribution in [0.2, 0.25) is 0 Å². The van der Waals surface area contributed by atoms with Gasteiger partial charge in [-0.1, -0.05) is 25.1 Å². The Morgan fingerprint density at radius 3 is 2.24 bits per heavy atom. The van der Waals surface area contributed by atoms with Gasteiger partial charge in [0.2, 0.25) is 5.91 Å². The van der Waals surface area contributed by atoms with E-state index in [4.69, 9.17) is 0 Å². The fourth-order valence-corrected chi connectivity index (χ4v) is 5.51. The number of hydrogen-bond acceptors (Lipinski definition) is 5. The second kappa shape index (κ2) is 8.91. The van der Waals surface area contributed by atoms with E-state index < -0.39 is 32.3 Å². The highest BCUT2D eigenvalue weighted by Gasteiger charge is 2.33. The first kappa shape index (κ1) is 24.0. The predicted molar refractivity (Wildman–Crippen MR) is 119 cm³/mol. The molecule has 0 atom stereocenters. The van der Waals surface area contributed by atoms with Crippen LogP contribution in [0.3, 0.4) is 0 Å². The van der Waals surface area contributed by atoms with Gasteiger partial charge in [0.1, 0.15) is 6.54 Å². The fourth-order valence-electron chi connectivity index (χ4n) is 4.05. The number of rotatable bonds is 5. The Bertz CT molecular complexity index is 1390. The van der Waals surface area contributed by atoms with Gasteiger partial charge in [0.25, 0.3) is 10.0 Å². The van der Waals surface area contributed by atoms with E-state index in [1.54, 1.807) is 11.0 Å². The highest BCUT2D eigenvalue weighted by molar-refractivity contribution is 7.90. The van der Waals surface area contributed by atoms with Gasteiger partial charge in [-0.3, -0.25) is 9.36 Å². The predicted octanol–water partition coefficient (Wildman–Crippen LogP) is 2.22. The third-order valence-corrected chi connectivity index (χ3v) is 7.64. The van der Waals surface area contributed by atoms with Crippen molar-refractivity contribution in [3.8, 4) is 0 Å². The summed E-state index contributed by atoms with van der Waals surface area (Å²) in [6, 6.07) is 9.19. The first-order valence-corrected chi connectivity index (χ1v) is 12.1. The zero-order valence-electron chi connectivity index (χ0n) is 18.3. The second-order valence-electron chi connectivity index (χ2n) is 7.97. The maximum atomic E-state index is 13.3. The molecule has 1 saturated heterocycles. The Hall–Kier alpha value is -3.12. The molecule has 182 valence electrons. The zero-order valence-corrected chi connectivity index (χ0v) is 19.1. The van der Waals surface area contributed by atoms with Gasteiger partial charge in [-0.05, 0) is 36.9 Å². The molecule has 2 aromatic carbocycles. The number of imidazole rings is 1. The van der Waals surface area contributed by atoms with Crippen molar-refractivity contribution in [1.82, 2.24) is 18.3 Å². The first-order valence-electron chi connectivity index (χ1n) is 10.7. The van der Waals surface area contributed by atoms with Gasteiger partial charge >= 0.3 is 11.9 Å². The van der Waals surface area contributed by atoms with Crippen molar-refractivity contribution in [3.05, 3.63) is 64.6 Å². The minimum Gasteiger partial charge on any atom is -0.339 e. The van der Waals surface area contributed by atoms with E-state index in [1.807, 2.05) is 6.92 Å². The summed E-state index contributed by atoms with van der Waals surface area (Å²) in [7, 11) is -4.68. The van der Waals surface area contributed by atoms with Gasteiger partial charge in [0, 0.05) is 26.2 Å². The number of halogens is 3. The van der Waals surface area contributed by atoms with E-state index in [1.165, 1.54) is 18.2 Å². The van der Waals surface area contributed by atoms with E-state index in [2.05, 4.69) is 4.90 Å². The summed E-state index contributed by atoms with van der Waals surface area (Å²) >= 11 is 0. The van der Waals surface area contributed by atoms with Crippen molar-refractivity contribution in [1.29, 1.82) is 0 Å². The third-order valence-electron chi connectivity index (χ3n) is 5.96. The lowest BCUT2D eigenvalue weighted by atomic mass is 10.2. The lowest BCUT2D eigenvalue weighted by Crippen LogP contribution is -2.49. The lowest BCUT2D eigenvalue weighted by Gasteiger charge is -2.34. The van der Waals surface area contributed by atoms with Crippen LogP contribution in [-0.4, -0.2) is 65.4 Å². The van der Waals surface area contributed by atoms with Crippen LogP contribution in [0.25, 0.3) is 11.0 Å². The number of carbonyl (C=O) groups excluding carboxylic acids is 1. The molecule has 0 aliphatic carbocycles. The molecule has 12 heteroatoms. The van der Waals surface area contributed by atoms with Crippen LogP contribution in [-0.2, 0) is 27.5 Å². The molecular weight excluding hydrogens is 473 g/mol. The van der Waals surface area contributed by atoms with Crippen molar-refractivity contribution in [3.63, 3.8) is 0 Å². The fraction of sp³-hybridized carbons (Fsp3) is 0.364. The molecule has 8 nitrogen and oxygen atoms in total. The van der Waals surface area contributed by atoms with Crippen LogP contribution >= 0.6 is 0 Å². The molecular formula is C22H23F3N4O4S. The summed E-state index contributed by atoms with van der Waals surface area (Å²) in [5.74, 6) is -0.336. The monoisotopic (exact) mass is 496 g/mol. The molecule has 0 saturated carbocycles. The summed E-state index contributed by atoms with van der Waals surface area (Å²) in [5.41, 5.74) is -1.98. The number of amides is 1. The molecule has 4 rings (SSSR count). The molecule has 0 N–H and O–H groups in total. The van der Waals surface area contributed by atoms with Gasteiger partial charge in [-0.25, -0.2) is 13.2 Å². The van der Waals surface area contributed by atoms with Crippen LogP contribution in [0.1, 0.15) is 12.5 Å². The number of fused-ring (bicyclic) bond motifs is 1. The SMILES string of the molecule is CCN1CCN(C(=O)Cn2c(=O)n(S(=O)(=O)c3cccc(C(F)(F)F)c3)c3ccccc32)CC1. The number of piperazine rings is 1. The van der Waals surface area contributed by atoms with Crippen LogP contribution in [0.5, 0.6) is 0 Å². The Kier molecular flexibility index (Phi) is 6.30. The van der Waals surface area contributed by atoms with Crippen molar-refractivity contribution < 1.29 is 26.4 Å². The normalized spacial score (nSPS) is 15.7. The maximum absolute atomic E-state index is 13.3. The molecule has 3 aromatic rings. The molecule has 2 heterocycles. The number of nitrogens with zero attached hydrogens (tertiary/aromatic N) is 4. The number of para-hydroxylation sites is 2. The number of benzene rings is 2. The third kappa shape index (κ3) is 4.34. The average Bonchev–Trinajstić information content (AvgIpc) is 3.10. The van der Waals surface area contributed by atoms with Crippen molar-refractivity contribution >= 4 is 27.0 Å². The molecule has 1 aromatic heterocycles. The highest BCUT2D eigenvalue weighted by Crippen LogP contribution is 2.31. The van der Waals surface area contributed by atoms with Gasteiger partial charge in [-0.15, -0.1) is 0 Å². The number of aromatic nitrogens is 2. The summed E-state index contributed by atoms with van der Waals surface area (Å²) in [4.78, 5) is 29.3. The second-order valence-corrected chi connectivity index (χ2v) is 9.75. The standard InChI is InChI=1S/C22H23F3N4O4S/c1-2-26-10-12-27(13-11-26)20(30)15-28-18-8-3-4-9-19(18)29(21(28)31)34(32,33)17-7-5-6-16(14-17)22(23,24)25/h3-9,14H,2,10-13,15H2,1H3. The van der Waals surface area contributed by atoms with Crippen LogP contribution < -0.4 is 5.69 Å². The molecule has 1 fully saturated rings. The minimum absolute atomic E-state index is 0.0199. The van der Waals surface area contributed by atoms with Crippen molar-refractivity contribution in [2.24, 2.45) is 0 Å². The van der Waals surface area contributed by atoms with Crippen molar-refractivity contribution in [2.45, 2.75) is 24.5 Å². The van der Waals surface area contributed by atoms with Gasteiger partial charge in [-0.2, -0.15) is 17.1 Å². The largest absolute Gasteiger partial charge is 0.416 e. The zero-order chi connectivity index (χ0) is 24.7. The number of carbonyl (C=O) groups is 1. The van der Waals surface area contributed by atoms with E-state index >= 15 is 0 Å². The van der Waals surface area contributed by atoms with Gasteiger partial charge < -0.3 is 9.80 Å². The molecule has 0 radical (unpaired) electrons. The smallest absolute Gasteiger partial charge is 0.339 e. The van der Waals surface area contributed by atoms with Crippen molar-refractivity contribution in [2.75, 3.05) is 32.7 Å². The number of hydrogen-bond donors (Lipinski definition) is 0. The summed E-state index contributed by atoms with van der Waals surface area (Å²) < 4.78 is 67.6. The number of alkyl halides is 3. The maximum Gasteiger partial charge on any atom is 0.416 e. The van der Waals surface area contributed by atoms with E-state index in [0.717, 1.165) is 29.3 Å². The molecule has 34 heavy (non-hydrogen) atoms. The molecule has 0 unspecified atom stereocenters. The van der Waals surface area contributed by atoms with Gasteiger partial charge in [0.05, 0.1) is 21.5 Å². The van der Waals surface area contributed by atoms with Crippen LogP contribution in [0, 0.1) is 0 Å². The minimum atomic E-state index is -4.75. The summed E-state index contributed by atoms with van der Waals surface area (Å²) in [6.07, 6.45) is -4.75. The van der Waals surface area contributed by atoms with E-state index in [-0.39, 0.29) is 23.5 Å². The molecule has 0 bridgehead atoms. The van der Waals surface area contributed by atoms with Gasteiger partial charge in [0.15, 0.2) is 0 Å². The Morgan fingerprint density at radius 1 is 0.971 bits per heavy atom. The topological polar surface area (TPSA) is 84.6 Å². The van der Waals surface area contributed by atoms with Crippen LogP contribution in [0.15, 0.2) is 58.2 Å². The summed E-state index contributed by atoms with van der Waals surface area (Å²) in [6.45, 7) is 4.88. The highest BCUT2D eigenvalue weighted by atomic mass is 32.2. The lowest BCUT2D eigenvalue weighted by molar-refractivity contribution is -0.137.